The van der Waals surface area contributed by atoms with Crippen LogP contribution in [0.15, 0.2) is 24.0 Å². The molecule has 0 radical (unpaired) electrons. The first-order valence-electron chi connectivity index (χ1n) is 4.69. The average molecular weight is 284 g/mol. The zero-order valence-electron chi connectivity index (χ0n) is 9.37. The molecule has 0 aromatic heterocycles. The Morgan fingerprint density at radius 3 is 1.47 bits per heavy atom. The lowest BCUT2D eigenvalue weighted by molar-refractivity contribution is 0.120. The van der Waals surface area contributed by atoms with Crippen LogP contribution >= 0.6 is 0 Å². The molecule has 0 saturated carbocycles. The second-order valence-corrected chi connectivity index (χ2v) is 6.85. The summed E-state index contributed by atoms with van der Waals surface area (Å²) in [6, 6.07) is 0. The predicted octanol–water partition coefficient (Wildman–Crippen LogP) is 0.441. The van der Waals surface area contributed by atoms with Gasteiger partial charge >= 0.3 is 0 Å². The molecule has 0 saturated heterocycles. The van der Waals surface area contributed by atoms with E-state index in [1.165, 1.54) is 0 Å². The van der Waals surface area contributed by atoms with Crippen molar-refractivity contribution in [1.29, 1.82) is 0 Å². The summed E-state index contributed by atoms with van der Waals surface area (Å²) in [7, 11) is -6.70. The fraction of sp³-hybridized carbons (Fsp3) is 0.556. The first-order valence-corrected chi connectivity index (χ1v) is 8.12. The summed E-state index contributed by atoms with van der Waals surface area (Å²) in [6.07, 6.45) is 0.402. The summed E-state index contributed by atoms with van der Waals surface area (Å²) < 4.78 is 53.3. The van der Waals surface area contributed by atoms with Gasteiger partial charge < -0.3 is 9.47 Å². The van der Waals surface area contributed by atoms with Gasteiger partial charge in [-0.05, 0) is 6.42 Å². The Balaban J connectivity index is 3.55. The van der Waals surface area contributed by atoms with Crippen LogP contribution in [0.4, 0.5) is 0 Å². The maximum atomic E-state index is 10.9. The SMILES string of the molecule is C=CS(=O)(=O)COCCCOCS(=O)(=O)C=C. The standard InChI is InChI=1S/C9H16O6S2/c1-3-16(10,11)8-14-6-5-7-15-9-17(12,13)4-2/h3-4H,1-2,5-9H2. The number of ether oxygens (including phenoxy) is 2. The van der Waals surface area contributed by atoms with Crippen LogP contribution in [0.2, 0.25) is 0 Å². The van der Waals surface area contributed by atoms with Gasteiger partial charge in [0.2, 0.25) is 0 Å². The minimum absolute atomic E-state index is 0.168. The van der Waals surface area contributed by atoms with Gasteiger partial charge in [0, 0.05) is 10.8 Å². The highest BCUT2D eigenvalue weighted by molar-refractivity contribution is 7.94. The molecule has 0 aliphatic rings. The van der Waals surface area contributed by atoms with Gasteiger partial charge in [-0.3, -0.25) is 0 Å². The molecule has 8 heteroatoms. The Labute approximate surface area is 102 Å². The molecule has 0 bridgehead atoms. The van der Waals surface area contributed by atoms with Gasteiger partial charge in [0.05, 0.1) is 13.2 Å². The molecule has 0 aromatic rings. The number of hydrogen-bond donors (Lipinski definition) is 0. The molecule has 0 N–H and O–H groups in total. The lowest BCUT2D eigenvalue weighted by atomic mass is 10.5. The van der Waals surface area contributed by atoms with E-state index in [0.29, 0.717) is 6.42 Å². The quantitative estimate of drug-likeness (QED) is 0.541. The van der Waals surface area contributed by atoms with E-state index in [1.807, 2.05) is 0 Å². The largest absolute Gasteiger partial charge is 0.365 e. The Morgan fingerprint density at radius 2 is 1.18 bits per heavy atom. The molecule has 0 unspecified atom stereocenters. The average Bonchev–Trinajstić information content (AvgIpc) is 2.27. The highest BCUT2D eigenvalue weighted by atomic mass is 32.2. The van der Waals surface area contributed by atoms with Gasteiger partial charge in [0.25, 0.3) is 0 Å². The van der Waals surface area contributed by atoms with Crippen LogP contribution in [-0.4, -0.2) is 41.9 Å². The molecular formula is C9H16O6S2. The third-order valence-electron chi connectivity index (χ3n) is 1.58. The Hall–Kier alpha value is -0.700. The van der Waals surface area contributed by atoms with Crippen molar-refractivity contribution >= 4 is 19.7 Å². The highest BCUT2D eigenvalue weighted by Crippen LogP contribution is 1.95. The van der Waals surface area contributed by atoms with Crippen LogP contribution in [0, 0.1) is 0 Å². The first kappa shape index (κ1) is 16.3. The van der Waals surface area contributed by atoms with Crippen molar-refractivity contribution in [1.82, 2.24) is 0 Å². The zero-order chi connectivity index (χ0) is 13.4. The summed E-state index contributed by atoms with van der Waals surface area (Å²) in [5, 5.41) is 1.64. The van der Waals surface area contributed by atoms with E-state index in [-0.39, 0.29) is 13.2 Å². The lowest BCUT2D eigenvalue weighted by Gasteiger charge is -2.04. The lowest BCUT2D eigenvalue weighted by Crippen LogP contribution is -2.11. The molecule has 6 nitrogen and oxygen atoms in total. The summed E-state index contributed by atoms with van der Waals surface area (Å²) >= 11 is 0. The summed E-state index contributed by atoms with van der Waals surface area (Å²) in [5.41, 5.74) is 0. The second kappa shape index (κ2) is 7.59. The molecular weight excluding hydrogens is 268 g/mol. The molecule has 100 valence electrons. The van der Waals surface area contributed by atoms with E-state index in [2.05, 4.69) is 13.2 Å². The molecule has 0 aromatic carbocycles. The minimum Gasteiger partial charge on any atom is -0.365 e. The van der Waals surface area contributed by atoms with Gasteiger partial charge in [0.1, 0.15) is 0 Å². The van der Waals surface area contributed by atoms with Gasteiger partial charge in [-0.15, -0.1) is 0 Å². The van der Waals surface area contributed by atoms with Crippen LogP contribution in [-0.2, 0) is 29.1 Å². The van der Waals surface area contributed by atoms with Crippen LogP contribution in [0.1, 0.15) is 6.42 Å². The normalized spacial score (nSPS) is 12.2. The molecule has 0 aliphatic carbocycles. The van der Waals surface area contributed by atoms with E-state index in [9.17, 15) is 16.8 Å². The van der Waals surface area contributed by atoms with Gasteiger partial charge in [-0.1, -0.05) is 13.2 Å². The van der Waals surface area contributed by atoms with Gasteiger partial charge in [-0.25, -0.2) is 16.8 Å². The van der Waals surface area contributed by atoms with Crippen molar-refractivity contribution in [3.8, 4) is 0 Å². The van der Waals surface area contributed by atoms with Crippen LogP contribution < -0.4 is 0 Å². The molecule has 0 atom stereocenters. The maximum Gasteiger partial charge on any atom is 0.194 e. The van der Waals surface area contributed by atoms with Crippen LogP contribution in [0.3, 0.4) is 0 Å². The van der Waals surface area contributed by atoms with E-state index >= 15 is 0 Å². The van der Waals surface area contributed by atoms with Crippen molar-refractivity contribution in [3.63, 3.8) is 0 Å². The zero-order valence-corrected chi connectivity index (χ0v) is 11.0. The van der Waals surface area contributed by atoms with Crippen molar-refractivity contribution in [2.24, 2.45) is 0 Å². The van der Waals surface area contributed by atoms with Crippen molar-refractivity contribution < 1.29 is 26.3 Å². The molecule has 0 fully saturated rings. The second-order valence-electron chi connectivity index (χ2n) is 3.06. The van der Waals surface area contributed by atoms with Crippen molar-refractivity contribution in [3.05, 3.63) is 24.0 Å². The highest BCUT2D eigenvalue weighted by Gasteiger charge is 2.05. The number of sulfone groups is 2. The third kappa shape index (κ3) is 9.04. The molecule has 0 aliphatic heterocycles. The summed E-state index contributed by atoms with van der Waals surface area (Å²) in [6.45, 7) is 6.59. The number of rotatable bonds is 10. The Morgan fingerprint density at radius 1 is 0.824 bits per heavy atom. The summed E-state index contributed by atoms with van der Waals surface area (Å²) in [5.74, 6) is -0.858. The van der Waals surface area contributed by atoms with Crippen LogP contribution in [0.25, 0.3) is 0 Å². The number of hydrogen-bond acceptors (Lipinski definition) is 6. The Kier molecular flexibility index (Phi) is 7.28. The van der Waals surface area contributed by atoms with E-state index in [4.69, 9.17) is 9.47 Å². The predicted molar refractivity (Wildman–Crippen MR) is 64.5 cm³/mol. The fourth-order valence-electron chi connectivity index (χ4n) is 0.709. The third-order valence-corrected chi connectivity index (χ3v) is 3.59. The molecule has 0 spiro atoms. The molecule has 0 amide bonds. The fourth-order valence-corrected chi connectivity index (χ4v) is 1.60. The Bertz CT molecular complexity index is 392. The maximum absolute atomic E-state index is 10.9. The van der Waals surface area contributed by atoms with E-state index < -0.39 is 31.6 Å². The first-order chi connectivity index (χ1) is 7.83. The molecule has 17 heavy (non-hydrogen) atoms. The van der Waals surface area contributed by atoms with Gasteiger partial charge in [0.15, 0.2) is 31.6 Å². The smallest absolute Gasteiger partial charge is 0.194 e. The summed E-state index contributed by atoms with van der Waals surface area (Å²) in [4.78, 5) is 0. The molecule has 0 rings (SSSR count). The van der Waals surface area contributed by atoms with E-state index in [1.54, 1.807) is 0 Å². The van der Waals surface area contributed by atoms with Gasteiger partial charge in [-0.2, -0.15) is 0 Å². The van der Waals surface area contributed by atoms with Crippen LogP contribution in [0.5, 0.6) is 0 Å². The monoisotopic (exact) mass is 284 g/mol. The minimum atomic E-state index is -3.35. The topological polar surface area (TPSA) is 86.7 Å². The van der Waals surface area contributed by atoms with Crippen molar-refractivity contribution in [2.45, 2.75) is 6.42 Å². The van der Waals surface area contributed by atoms with Crippen molar-refractivity contribution in [2.75, 3.05) is 25.1 Å². The molecule has 0 heterocycles. The van der Waals surface area contributed by atoms with E-state index in [0.717, 1.165) is 10.8 Å².